The number of rotatable bonds is 7. The zero-order valence-corrected chi connectivity index (χ0v) is 16.5. The molecule has 1 aliphatic heterocycles. The van der Waals surface area contributed by atoms with Crippen LogP contribution < -0.4 is 14.8 Å². The molecule has 3 rings (SSSR count). The van der Waals surface area contributed by atoms with Crippen LogP contribution in [0.3, 0.4) is 0 Å². The molecule has 0 unspecified atom stereocenters. The molecule has 2 amide bonds. The van der Waals surface area contributed by atoms with E-state index >= 15 is 0 Å². The van der Waals surface area contributed by atoms with E-state index in [2.05, 4.69) is 5.32 Å². The number of nitrogens with zero attached hydrogens (tertiary/aromatic N) is 2. The summed E-state index contributed by atoms with van der Waals surface area (Å²) in [5.41, 5.74) is 2.06. The number of amides is 2. The van der Waals surface area contributed by atoms with Gasteiger partial charge in [0, 0.05) is 25.2 Å². The fourth-order valence-corrected chi connectivity index (χ4v) is 3.37. The Bertz CT molecular complexity index is 951. The SMILES string of the molecule is COc1ccc(CCN2C[C@H](C(=O)Nc3cccc(C#N)c3)CC2=O)cc1OC. The highest BCUT2D eigenvalue weighted by Crippen LogP contribution is 2.28. The topological polar surface area (TPSA) is 91.7 Å². The van der Waals surface area contributed by atoms with Crippen molar-refractivity contribution in [3.05, 3.63) is 53.6 Å². The molecule has 0 saturated carbocycles. The molecule has 1 heterocycles. The highest BCUT2D eigenvalue weighted by molar-refractivity contribution is 5.97. The van der Waals surface area contributed by atoms with Gasteiger partial charge in [0.15, 0.2) is 11.5 Å². The summed E-state index contributed by atoms with van der Waals surface area (Å²) in [5, 5.41) is 11.8. The van der Waals surface area contributed by atoms with E-state index in [0.717, 1.165) is 5.56 Å². The average Bonchev–Trinajstić information content (AvgIpc) is 3.12. The molecule has 1 saturated heterocycles. The van der Waals surface area contributed by atoms with Crippen LogP contribution >= 0.6 is 0 Å². The molecule has 0 aliphatic carbocycles. The van der Waals surface area contributed by atoms with Gasteiger partial charge in [-0.25, -0.2) is 0 Å². The van der Waals surface area contributed by atoms with Crippen molar-refractivity contribution in [2.24, 2.45) is 5.92 Å². The van der Waals surface area contributed by atoms with Crippen molar-refractivity contribution < 1.29 is 19.1 Å². The quantitative estimate of drug-likeness (QED) is 0.781. The van der Waals surface area contributed by atoms with E-state index in [4.69, 9.17) is 14.7 Å². The summed E-state index contributed by atoms with van der Waals surface area (Å²) in [5.74, 6) is 0.664. The van der Waals surface area contributed by atoms with Crippen LogP contribution in [0.15, 0.2) is 42.5 Å². The Morgan fingerprint density at radius 2 is 2.00 bits per heavy atom. The minimum Gasteiger partial charge on any atom is -0.493 e. The molecule has 1 aliphatic rings. The van der Waals surface area contributed by atoms with Gasteiger partial charge in [0.2, 0.25) is 11.8 Å². The Morgan fingerprint density at radius 1 is 1.21 bits per heavy atom. The van der Waals surface area contributed by atoms with Gasteiger partial charge < -0.3 is 19.7 Å². The third-order valence-electron chi connectivity index (χ3n) is 4.96. The molecular formula is C22H23N3O4. The molecular weight excluding hydrogens is 370 g/mol. The largest absolute Gasteiger partial charge is 0.493 e. The van der Waals surface area contributed by atoms with E-state index in [9.17, 15) is 9.59 Å². The van der Waals surface area contributed by atoms with Crippen LogP contribution in [0.2, 0.25) is 0 Å². The highest BCUT2D eigenvalue weighted by Gasteiger charge is 2.34. The van der Waals surface area contributed by atoms with Crippen LogP contribution in [0.4, 0.5) is 5.69 Å². The average molecular weight is 393 g/mol. The first kappa shape index (κ1) is 20.2. The van der Waals surface area contributed by atoms with E-state index in [0.29, 0.717) is 42.3 Å². The van der Waals surface area contributed by atoms with Crippen molar-refractivity contribution in [2.45, 2.75) is 12.8 Å². The van der Waals surface area contributed by atoms with Crippen molar-refractivity contribution in [2.75, 3.05) is 32.6 Å². The molecule has 29 heavy (non-hydrogen) atoms. The van der Waals surface area contributed by atoms with Gasteiger partial charge in [-0.2, -0.15) is 5.26 Å². The maximum atomic E-state index is 12.5. The van der Waals surface area contributed by atoms with Crippen LogP contribution in [-0.4, -0.2) is 44.0 Å². The van der Waals surface area contributed by atoms with Crippen LogP contribution in [0, 0.1) is 17.2 Å². The Balaban J connectivity index is 1.57. The molecule has 0 radical (unpaired) electrons. The predicted octanol–water partition coefficient (Wildman–Crippen LogP) is 2.61. The third-order valence-corrected chi connectivity index (χ3v) is 4.96. The molecule has 0 spiro atoms. The second-order valence-corrected chi connectivity index (χ2v) is 6.86. The summed E-state index contributed by atoms with van der Waals surface area (Å²) in [4.78, 5) is 26.6. The molecule has 1 atom stereocenters. The number of likely N-dealkylation sites (tertiary alicyclic amines) is 1. The summed E-state index contributed by atoms with van der Waals surface area (Å²) in [6.45, 7) is 0.915. The number of ether oxygens (including phenoxy) is 2. The molecule has 0 bridgehead atoms. The van der Waals surface area contributed by atoms with Gasteiger partial charge in [-0.05, 0) is 42.3 Å². The minimum absolute atomic E-state index is 0.0311. The van der Waals surface area contributed by atoms with Crippen LogP contribution in [0.25, 0.3) is 0 Å². The predicted molar refractivity (Wildman–Crippen MR) is 108 cm³/mol. The number of carbonyl (C=O) groups is 2. The van der Waals surface area contributed by atoms with E-state index in [-0.39, 0.29) is 18.2 Å². The third kappa shape index (κ3) is 4.85. The Labute approximate surface area is 169 Å². The molecule has 1 fully saturated rings. The number of methoxy groups -OCH3 is 2. The van der Waals surface area contributed by atoms with Gasteiger partial charge >= 0.3 is 0 Å². The van der Waals surface area contributed by atoms with Crippen LogP contribution in [0.1, 0.15) is 17.5 Å². The van der Waals surface area contributed by atoms with Crippen molar-refractivity contribution >= 4 is 17.5 Å². The van der Waals surface area contributed by atoms with Crippen molar-refractivity contribution in [1.82, 2.24) is 4.90 Å². The highest BCUT2D eigenvalue weighted by atomic mass is 16.5. The lowest BCUT2D eigenvalue weighted by molar-refractivity contribution is -0.128. The summed E-state index contributed by atoms with van der Waals surface area (Å²) in [6, 6.07) is 14.4. The van der Waals surface area contributed by atoms with Gasteiger partial charge in [0.05, 0.1) is 31.8 Å². The monoisotopic (exact) mass is 393 g/mol. The number of carbonyl (C=O) groups excluding carboxylic acids is 2. The second kappa shape index (κ2) is 9.11. The molecule has 150 valence electrons. The van der Waals surface area contributed by atoms with Crippen molar-refractivity contribution in [1.29, 1.82) is 5.26 Å². The van der Waals surface area contributed by atoms with Gasteiger partial charge in [0.1, 0.15) is 0 Å². The minimum atomic E-state index is -0.404. The lowest BCUT2D eigenvalue weighted by Gasteiger charge is -2.17. The lowest BCUT2D eigenvalue weighted by atomic mass is 10.1. The molecule has 2 aromatic rings. The molecule has 2 aromatic carbocycles. The van der Waals surface area contributed by atoms with E-state index in [1.54, 1.807) is 43.4 Å². The van der Waals surface area contributed by atoms with Gasteiger partial charge in [-0.3, -0.25) is 9.59 Å². The number of anilines is 1. The molecule has 1 N–H and O–H groups in total. The fourth-order valence-electron chi connectivity index (χ4n) is 3.37. The van der Waals surface area contributed by atoms with Crippen molar-refractivity contribution in [3.63, 3.8) is 0 Å². The Morgan fingerprint density at radius 3 is 2.72 bits per heavy atom. The second-order valence-electron chi connectivity index (χ2n) is 6.86. The van der Waals surface area contributed by atoms with E-state index in [1.165, 1.54) is 0 Å². The first-order valence-corrected chi connectivity index (χ1v) is 9.33. The first-order chi connectivity index (χ1) is 14.0. The maximum Gasteiger partial charge on any atom is 0.229 e. The van der Waals surface area contributed by atoms with Gasteiger partial charge in [0.25, 0.3) is 0 Å². The molecule has 0 aromatic heterocycles. The van der Waals surface area contributed by atoms with Crippen molar-refractivity contribution in [3.8, 4) is 17.6 Å². The fraction of sp³-hybridized carbons (Fsp3) is 0.318. The lowest BCUT2D eigenvalue weighted by Crippen LogP contribution is -2.30. The first-order valence-electron chi connectivity index (χ1n) is 9.33. The number of nitrogens with one attached hydrogen (secondary N) is 1. The van der Waals surface area contributed by atoms with E-state index in [1.807, 2.05) is 24.3 Å². The number of nitriles is 1. The van der Waals surface area contributed by atoms with Gasteiger partial charge in [-0.1, -0.05) is 12.1 Å². The summed E-state index contributed by atoms with van der Waals surface area (Å²) < 4.78 is 10.6. The zero-order chi connectivity index (χ0) is 20.8. The Hall–Kier alpha value is -3.53. The summed E-state index contributed by atoms with van der Waals surface area (Å²) >= 11 is 0. The Kier molecular flexibility index (Phi) is 6.35. The molecule has 7 heteroatoms. The normalized spacial score (nSPS) is 15.7. The van der Waals surface area contributed by atoms with E-state index < -0.39 is 5.92 Å². The number of hydrogen-bond donors (Lipinski definition) is 1. The standard InChI is InChI=1S/C22H23N3O4/c1-28-19-7-6-15(11-20(19)29-2)8-9-25-14-17(12-21(25)26)22(27)24-18-5-3-4-16(10-18)13-23/h3-7,10-11,17H,8-9,12,14H2,1-2H3,(H,24,27)/t17-/m1/s1. The van der Waals surface area contributed by atoms with Crippen LogP contribution in [-0.2, 0) is 16.0 Å². The summed E-state index contributed by atoms with van der Waals surface area (Å²) in [6.07, 6.45) is 0.848. The smallest absolute Gasteiger partial charge is 0.229 e. The summed E-state index contributed by atoms with van der Waals surface area (Å²) in [7, 11) is 3.17. The number of benzene rings is 2. The number of hydrogen-bond acceptors (Lipinski definition) is 5. The zero-order valence-electron chi connectivity index (χ0n) is 16.5. The van der Waals surface area contributed by atoms with Crippen LogP contribution in [0.5, 0.6) is 11.5 Å². The maximum absolute atomic E-state index is 12.5. The molecule has 7 nitrogen and oxygen atoms in total. The van der Waals surface area contributed by atoms with Gasteiger partial charge in [-0.15, -0.1) is 0 Å².